The van der Waals surface area contributed by atoms with Crippen LogP contribution in [0.25, 0.3) is 0 Å². The lowest BCUT2D eigenvalue weighted by molar-refractivity contribution is -0.155. The van der Waals surface area contributed by atoms with Gasteiger partial charge in [-0.1, -0.05) is 56.2 Å². The number of carbonyl (C=O) groups is 3. The lowest BCUT2D eigenvalue weighted by Gasteiger charge is -2.40. The number of esters is 1. The maximum atomic E-state index is 14.4. The largest absolute Gasteiger partial charge is 0.465 e. The summed E-state index contributed by atoms with van der Waals surface area (Å²) in [5.74, 6) is -3.09. The van der Waals surface area contributed by atoms with E-state index >= 15 is 0 Å². The summed E-state index contributed by atoms with van der Waals surface area (Å²) in [4.78, 5) is 45.1. The number of likely N-dealkylation sites (tertiary alicyclic amines) is 1. The molecule has 0 radical (unpaired) electrons. The molecule has 37 heavy (non-hydrogen) atoms. The first kappa shape index (κ1) is 25.9. The van der Waals surface area contributed by atoms with Gasteiger partial charge in [0.15, 0.2) is 0 Å². The molecular formula is C28H33ClN2O6. The summed E-state index contributed by atoms with van der Waals surface area (Å²) in [7, 11) is 0. The molecule has 9 heteroatoms. The molecule has 4 heterocycles. The molecule has 7 atom stereocenters. The third-order valence-electron chi connectivity index (χ3n) is 8.27. The van der Waals surface area contributed by atoms with Crippen molar-refractivity contribution in [1.82, 2.24) is 4.90 Å². The van der Waals surface area contributed by atoms with E-state index in [9.17, 15) is 19.5 Å². The van der Waals surface area contributed by atoms with Gasteiger partial charge in [-0.3, -0.25) is 14.4 Å². The summed E-state index contributed by atoms with van der Waals surface area (Å²) >= 11 is 6.09. The summed E-state index contributed by atoms with van der Waals surface area (Å²) in [6.07, 6.45) is 8.81. The fourth-order valence-electron chi connectivity index (χ4n) is 6.22. The molecule has 0 aliphatic carbocycles. The SMILES string of the molecule is CC[C@H](C)[C@H](CO)N1C(=O)[C@@H]2[C@H]3C(=O)OCCC/C=C\[C@H]3O[C@@]23C=CCN(c2ccc(Cl)cc2)C(=O)C13. The van der Waals surface area contributed by atoms with E-state index in [1.165, 1.54) is 4.90 Å². The smallest absolute Gasteiger partial charge is 0.312 e. The summed E-state index contributed by atoms with van der Waals surface area (Å²) in [6, 6.07) is 5.27. The molecule has 2 saturated heterocycles. The summed E-state index contributed by atoms with van der Waals surface area (Å²) < 4.78 is 12.2. The number of benzene rings is 1. The van der Waals surface area contributed by atoms with Gasteiger partial charge in [0, 0.05) is 17.3 Å². The normalized spacial score (nSPS) is 33.9. The van der Waals surface area contributed by atoms with E-state index in [1.807, 2.05) is 32.1 Å². The Kier molecular flexibility index (Phi) is 7.18. The number of allylic oxidation sites excluding steroid dienone is 1. The van der Waals surface area contributed by atoms with Crippen molar-refractivity contribution < 1.29 is 29.0 Å². The van der Waals surface area contributed by atoms with Crippen LogP contribution in [0.5, 0.6) is 0 Å². The third-order valence-corrected chi connectivity index (χ3v) is 8.52. The molecule has 1 aromatic carbocycles. The Hall–Kier alpha value is -2.68. The minimum absolute atomic E-state index is 0.0861. The van der Waals surface area contributed by atoms with Crippen molar-refractivity contribution >= 4 is 35.1 Å². The summed E-state index contributed by atoms with van der Waals surface area (Å²) in [6.45, 7) is 4.14. The molecule has 2 amide bonds. The number of aliphatic hydroxyl groups is 1. The highest BCUT2D eigenvalue weighted by Crippen LogP contribution is 2.54. The Morgan fingerprint density at radius 2 is 1.92 bits per heavy atom. The van der Waals surface area contributed by atoms with Gasteiger partial charge in [-0.25, -0.2) is 0 Å². The minimum Gasteiger partial charge on any atom is -0.465 e. The number of carbonyl (C=O) groups excluding carboxylic acids is 3. The van der Waals surface area contributed by atoms with Crippen LogP contribution in [-0.2, 0) is 23.9 Å². The van der Waals surface area contributed by atoms with Crippen molar-refractivity contribution in [2.75, 3.05) is 24.7 Å². The number of cyclic esters (lactones) is 1. The number of rotatable bonds is 5. The standard InChI is InChI=1S/C28H33ClN2O6/c1-3-17(2)20(16-32)31-24-26(34)30(19-11-9-18(29)10-12-19)14-7-13-28(24)23(25(31)33)22-21(37-28)8-5-4-6-15-36-27(22)35/h5,7-13,17,20-24,32H,3-4,6,14-16H2,1-2H3/b8-5-/t17-,20-,21+,22-,23-,24?,28-/m0/s1. The highest BCUT2D eigenvalue weighted by atomic mass is 35.5. The van der Waals surface area contributed by atoms with Gasteiger partial charge in [0.1, 0.15) is 17.6 Å². The second-order valence-corrected chi connectivity index (χ2v) is 10.7. The maximum absolute atomic E-state index is 14.4. The molecule has 0 aromatic heterocycles. The van der Waals surface area contributed by atoms with Crippen molar-refractivity contribution in [3.63, 3.8) is 0 Å². The quantitative estimate of drug-likeness (QED) is 0.466. The Balaban J connectivity index is 1.65. The van der Waals surface area contributed by atoms with Gasteiger partial charge in [-0.15, -0.1) is 0 Å². The number of amides is 2. The van der Waals surface area contributed by atoms with Gasteiger partial charge in [-0.2, -0.15) is 0 Å². The van der Waals surface area contributed by atoms with Crippen LogP contribution < -0.4 is 4.90 Å². The number of anilines is 1. The second kappa shape index (κ2) is 10.2. The van der Waals surface area contributed by atoms with Crippen LogP contribution in [0.2, 0.25) is 5.02 Å². The Morgan fingerprint density at radius 1 is 1.16 bits per heavy atom. The highest BCUT2D eigenvalue weighted by molar-refractivity contribution is 6.30. The molecule has 4 aliphatic rings. The monoisotopic (exact) mass is 528 g/mol. The van der Waals surface area contributed by atoms with Gasteiger partial charge >= 0.3 is 5.97 Å². The fourth-order valence-corrected chi connectivity index (χ4v) is 6.34. The molecule has 5 rings (SSSR count). The zero-order chi connectivity index (χ0) is 26.3. The maximum Gasteiger partial charge on any atom is 0.312 e. The zero-order valence-electron chi connectivity index (χ0n) is 21.1. The van der Waals surface area contributed by atoms with Crippen molar-refractivity contribution in [1.29, 1.82) is 0 Å². The molecule has 0 saturated carbocycles. The van der Waals surface area contributed by atoms with Crippen LogP contribution in [0.1, 0.15) is 33.1 Å². The topological polar surface area (TPSA) is 96.4 Å². The lowest BCUT2D eigenvalue weighted by Crippen LogP contribution is -2.59. The van der Waals surface area contributed by atoms with Gasteiger partial charge < -0.3 is 24.4 Å². The van der Waals surface area contributed by atoms with Crippen LogP contribution in [0, 0.1) is 17.8 Å². The van der Waals surface area contributed by atoms with E-state index in [2.05, 4.69) is 0 Å². The number of aliphatic hydroxyl groups excluding tert-OH is 1. The van der Waals surface area contributed by atoms with E-state index < -0.39 is 41.6 Å². The first-order chi connectivity index (χ1) is 17.8. The van der Waals surface area contributed by atoms with Crippen LogP contribution in [0.4, 0.5) is 5.69 Å². The number of hydrogen-bond acceptors (Lipinski definition) is 6. The Morgan fingerprint density at radius 3 is 2.62 bits per heavy atom. The van der Waals surface area contributed by atoms with Crippen LogP contribution in [0.15, 0.2) is 48.6 Å². The van der Waals surface area contributed by atoms with Crippen LogP contribution >= 0.6 is 11.6 Å². The highest BCUT2D eigenvalue weighted by Gasteiger charge is 2.72. The number of halogens is 1. The fraction of sp³-hybridized carbons (Fsp3) is 0.536. The Bertz CT molecular complexity index is 1120. The second-order valence-electron chi connectivity index (χ2n) is 10.3. The average Bonchev–Trinajstić information content (AvgIpc) is 3.30. The molecule has 1 N–H and O–H groups in total. The van der Waals surface area contributed by atoms with Crippen molar-refractivity contribution in [3.8, 4) is 0 Å². The molecule has 0 bridgehead atoms. The Labute approximate surface area is 221 Å². The number of nitrogens with zero attached hydrogens (tertiary/aromatic N) is 2. The number of fused-ring (bicyclic) bond motifs is 2. The molecule has 1 aromatic rings. The van der Waals surface area contributed by atoms with E-state index in [-0.39, 0.29) is 37.5 Å². The van der Waals surface area contributed by atoms with E-state index in [0.717, 1.165) is 6.42 Å². The van der Waals surface area contributed by atoms with E-state index in [0.29, 0.717) is 23.6 Å². The predicted octanol–water partition coefficient (Wildman–Crippen LogP) is 3.12. The van der Waals surface area contributed by atoms with Crippen molar-refractivity contribution in [3.05, 3.63) is 53.6 Å². The van der Waals surface area contributed by atoms with Gasteiger partial charge in [-0.05, 0) is 43.0 Å². The number of ether oxygens (including phenoxy) is 2. The number of hydrogen-bond donors (Lipinski definition) is 1. The van der Waals surface area contributed by atoms with Gasteiger partial charge in [0.05, 0.1) is 31.3 Å². The van der Waals surface area contributed by atoms with Crippen LogP contribution in [0.3, 0.4) is 0 Å². The lowest BCUT2D eigenvalue weighted by atomic mass is 9.78. The molecule has 1 spiro atoms. The molecule has 198 valence electrons. The van der Waals surface area contributed by atoms with Crippen molar-refractivity contribution in [2.45, 2.75) is 56.9 Å². The molecule has 2 fully saturated rings. The van der Waals surface area contributed by atoms with E-state index in [1.54, 1.807) is 35.2 Å². The molecular weight excluding hydrogens is 496 g/mol. The first-order valence-corrected chi connectivity index (χ1v) is 13.4. The summed E-state index contributed by atoms with van der Waals surface area (Å²) in [5, 5.41) is 11.0. The predicted molar refractivity (Wildman–Crippen MR) is 138 cm³/mol. The average molecular weight is 529 g/mol. The molecule has 1 unspecified atom stereocenters. The van der Waals surface area contributed by atoms with Gasteiger partial charge in [0.2, 0.25) is 5.91 Å². The molecule has 8 nitrogen and oxygen atoms in total. The first-order valence-electron chi connectivity index (χ1n) is 13.0. The van der Waals surface area contributed by atoms with Gasteiger partial charge in [0.25, 0.3) is 5.91 Å². The van der Waals surface area contributed by atoms with Crippen LogP contribution in [-0.4, -0.2) is 71.3 Å². The summed E-state index contributed by atoms with van der Waals surface area (Å²) in [5.41, 5.74) is -0.732. The van der Waals surface area contributed by atoms with E-state index in [4.69, 9.17) is 21.1 Å². The third kappa shape index (κ3) is 4.19. The zero-order valence-corrected chi connectivity index (χ0v) is 21.8. The molecule has 4 aliphatic heterocycles. The van der Waals surface area contributed by atoms with Crippen molar-refractivity contribution in [2.24, 2.45) is 17.8 Å². The minimum atomic E-state index is -1.37.